The second kappa shape index (κ2) is 11.1. The zero-order valence-corrected chi connectivity index (χ0v) is 17.9. The Morgan fingerprint density at radius 2 is 1.81 bits per heavy atom. The van der Waals surface area contributed by atoms with Gasteiger partial charge in [0, 0.05) is 6.54 Å². The first kappa shape index (κ1) is 24.6. The Balaban J connectivity index is 2.09. The van der Waals surface area contributed by atoms with E-state index in [2.05, 4.69) is 16.0 Å². The number of nitrogens with one attached hydrogen (secondary N) is 3. The van der Waals surface area contributed by atoms with Gasteiger partial charge in [0.25, 0.3) is 0 Å². The summed E-state index contributed by atoms with van der Waals surface area (Å²) in [7, 11) is 0. The fraction of sp³-hybridized carbons (Fsp3) is 0.750. The van der Waals surface area contributed by atoms with Gasteiger partial charge in [0.05, 0.1) is 12.5 Å². The van der Waals surface area contributed by atoms with Gasteiger partial charge in [-0.2, -0.15) is 0 Å². The number of hydrogen-bond acceptors (Lipinski definition) is 6. The molecule has 5 unspecified atom stereocenters. The van der Waals surface area contributed by atoms with E-state index in [1.807, 2.05) is 6.92 Å². The van der Waals surface area contributed by atoms with Crippen LogP contribution in [0.2, 0.25) is 0 Å². The number of carboxylic acids is 2. The molecule has 0 spiro atoms. The number of carbonyl (C=O) groups excluding carboxylic acids is 3. The Bertz CT molecular complexity index is 708. The smallest absolute Gasteiger partial charge is 0.326 e. The first-order chi connectivity index (χ1) is 14.6. The summed E-state index contributed by atoms with van der Waals surface area (Å²) >= 11 is 0. The minimum Gasteiger partial charge on any atom is -0.481 e. The molecule has 0 aromatic heterocycles. The molecule has 2 aliphatic heterocycles. The van der Waals surface area contributed by atoms with Gasteiger partial charge >= 0.3 is 11.9 Å². The van der Waals surface area contributed by atoms with Crippen LogP contribution in [-0.4, -0.2) is 82.0 Å². The summed E-state index contributed by atoms with van der Waals surface area (Å²) in [6.45, 7) is 4.78. The molecule has 5 atom stereocenters. The molecular formula is C20H32N4O7. The Labute approximate surface area is 180 Å². The van der Waals surface area contributed by atoms with Crippen molar-refractivity contribution in [2.24, 2.45) is 5.92 Å². The second-order valence-corrected chi connectivity index (χ2v) is 8.21. The highest BCUT2D eigenvalue weighted by molar-refractivity contribution is 5.95. The Morgan fingerprint density at radius 3 is 2.35 bits per heavy atom. The third kappa shape index (κ3) is 6.39. The van der Waals surface area contributed by atoms with Gasteiger partial charge in [0.15, 0.2) is 0 Å². The third-order valence-electron chi connectivity index (χ3n) is 5.98. The molecule has 2 aliphatic rings. The summed E-state index contributed by atoms with van der Waals surface area (Å²) in [5, 5.41) is 26.1. The van der Waals surface area contributed by atoms with Gasteiger partial charge in [-0.3, -0.25) is 19.2 Å². The molecule has 11 heteroatoms. The van der Waals surface area contributed by atoms with Crippen LogP contribution in [0, 0.1) is 5.92 Å². The van der Waals surface area contributed by atoms with Crippen LogP contribution in [0.4, 0.5) is 0 Å². The Hall–Kier alpha value is -2.69. The SMILES string of the molecule is CCC(C)C(NC(=O)C1CCCN1C(=O)C1CCCN1)C(=O)NC(CC(=O)O)C(=O)O. The predicted molar refractivity (Wildman–Crippen MR) is 109 cm³/mol. The van der Waals surface area contributed by atoms with Crippen LogP contribution in [0.3, 0.4) is 0 Å². The summed E-state index contributed by atoms with van der Waals surface area (Å²) in [5.41, 5.74) is 0. The molecule has 0 bridgehead atoms. The lowest BCUT2D eigenvalue weighted by atomic mass is 9.97. The van der Waals surface area contributed by atoms with E-state index in [0.29, 0.717) is 25.8 Å². The minimum atomic E-state index is -1.61. The summed E-state index contributed by atoms with van der Waals surface area (Å²) < 4.78 is 0. The summed E-state index contributed by atoms with van der Waals surface area (Å²) in [5.74, 6) is -4.50. The van der Waals surface area contributed by atoms with Crippen molar-refractivity contribution in [3.05, 3.63) is 0 Å². The van der Waals surface area contributed by atoms with E-state index in [0.717, 1.165) is 19.4 Å². The minimum absolute atomic E-state index is 0.118. The average Bonchev–Trinajstić information content (AvgIpc) is 3.41. The lowest BCUT2D eigenvalue weighted by Gasteiger charge is -2.30. The molecule has 2 rings (SSSR count). The van der Waals surface area contributed by atoms with Crippen LogP contribution in [0.5, 0.6) is 0 Å². The van der Waals surface area contributed by atoms with Crippen molar-refractivity contribution in [1.29, 1.82) is 0 Å². The van der Waals surface area contributed by atoms with E-state index >= 15 is 0 Å². The Kier molecular flexibility index (Phi) is 8.78. The third-order valence-corrected chi connectivity index (χ3v) is 5.98. The first-order valence-electron chi connectivity index (χ1n) is 10.7. The van der Waals surface area contributed by atoms with Crippen molar-refractivity contribution >= 4 is 29.7 Å². The van der Waals surface area contributed by atoms with Crippen LogP contribution in [0.15, 0.2) is 0 Å². The summed E-state index contributed by atoms with van der Waals surface area (Å²) in [6.07, 6.45) is 2.53. The normalized spacial score (nSPS) is 23.6. The van der Waals surface area contributed by atoms with E-state index < -0.39 is 48.3 Å². The van der Waals surface area contributed by atoms with Gasteiger partial charge in [-0.25, -0.2) is 4.79 Å². The van der Waals surface area contributed by atoms with Crippen LogP contribution < -0.4 is 16.0 Å². The number of nitrogens with zero attached hydrogens (tertiary/aromatic N) is 1. The van der Waals surface area contributed by atoms with Crippen LogP contribution in [0.25, 0.3) is 0 Å². The van der Waals surface area contributed by atoms with E-state index in [4.69, 9.17) is 5.11 Å². The molecule has 0 aliphatic carbocycles. The predicted octanol–water partition coefficient (Wildman–Crippen LogP) is -0.696. The van der Waals surface area contributed by atoms with E-state index in [9.17, 15) is 29.1 Å². The molecule has 174 valence electrons. The highest BCUT2D eigenvalue weighted by Crippen LogP contribution is 2.21. The number of hydrogen-bond donors (Lipinski definition) is 5. The van der Waals surface area contributed by atoms with Crippen LogP contribution >= 0.6 is 0 Å². The molecule has 0 aromatic carbocycles. The highest BCUT2D eigenvalue weighted by atomic mass is 16.4. The fourth-order valence-corrected chi connectivity index (χ4v) is 3.99. The molecule has 3 amide bonds. The van der Waals surface area contributed by atoms with Gasteiger partial charge in [-0.15, -0.1) is 0 Å². The molecule has 5 N–H and O–H groups in total. The van der Waals surface area contributed by atoms with Gasteiger partial charge in [0.1, 0.15) is 18.1 Å². The first-order valence-corrected chi connectivity index (χ1v) is 10.7. The van der Waals surface area contributed by atoms with Gasteiger partial charge in [-0.05, 0) is 38.1 Å². The molecule has 2 saturated heterocycles. The number of amides is 3. The van der Waals surface area contributed by atoms with Crippen molar-refractivity contribution < 1.29 is 34.2 Å². The van der Waals surface area contributed by atoms with Gasteiger partial charge in [0.2, 0.25) is 17.7 Å². The van der Waals surface area contributed by atoms with Crippen molar-refractivity contribution in [3.8, 4) is 0 Å². The van der Waals surface area contributed by atoms with Crippen molar-refractivity contribution in [1.82, 2.24) is 20.9 Å². The zero-order valence-electron chi connectivity index (χ0n) is 17.9. The van der Waals surface area contributed by atoms with Gasteiger partial charge in [-0.1, -0.05) is 20.3 Å². The molecule has 0 saturated carbocycles. The Morgan fingerprint density at radius 1 is 1.10 bits per heavy atom. The molecule has 11 nitrogen and oxygen atoms in total. The molecule has 31 heavy (non-hydrogen) atoms. The molecule has 2 fully saturated rings. The standard InChI is InChI=1S/C20H32N4O7/c1-3-11(2)16(18(28)22-13(20(30)31)10-15(25)26)23-17(27)14-7-5-9-24(14)19(29)12-6-4-8-21-12/h11-14,16,21H,3-10H2,1-2H3,(H,22,28)(H,23,27)(H,25,26)(H,30,31). The summed E-state index contributed by atoms with van der Waals surface area (Å²) in [6, 6.07) is -3.64. The lowest BCUT2D eigenvalue weighted by molar-refractivity contribution is -0.147. The number of aliphatic carboxylic acids is 2. The maximum Gasteiger partial charge on any atom is 0.326 e. The fourth-order valence-electron chi connectivity index (χ4n) is 3.99. The number of carboxylic acid groups (broad SMARTS) is 2. The second-order valence-electron chi connectivity index (χ2n) is 8.21. The topological polar surface area (TPSA) is 165 Å². The molecular weight excluding hydrogens is 408 g/mol. The van der Waals surface area contributed by atoms with E-state index in [1.54, 1.807) is 11.8 Å². The lowest BCUT2D eigenvalue weighted by Crippen LogP contribution is -2.58. The van der Waals surface area contributed by atoms with Crippen molar-refractivity contribution in [3.63, 3.8) is 0 Å². The van der Waals surface area contributed by atoms with Crippen molar-refractivity contribution in [2.75, 3.05) is 13.1 Å². The maximum atomic E-state index is 13.0. The van der Waals surface area contributed by atoms with Gasteiger partial charge < -0.3 is 31.1 Å². The zero-order chi connectivity index (χ0) is 23.1. The number of carbonyl (C=O) groups is 5. The molecule has 0 radical (unpaired) electrons. The molecule has 0 aromatic rings. The maximum absolute atomic E-state index is 13.0. The largest absolute Gasteiger partial charge is 0.481 e. The van der Waals surface area contributed by atoms with Crippen molar-refractivity contribution in [2.45, 2.75) is 76.5 Å². The number of likely N-dealkylation sites (tertiary alicyclic amines) is 1. The quantitative estimate of drug-likeness (QED) is 0.298. The highest BCUT2D eigenvalue weighted by Gasteiger charge is 2.40. The van der Waals surface area contributed by atoms with E-state index in [-0.39, 0.29) is 17.9 Å². The van der Waals surface area contributed by atoms with E-state index in [1.165, 1.54) is 0 Å². The monoisotopic (exact) mass is 440 g/mol. The summed E-state index contributed by atoms with van der Waals surface area (Å²) in [4.78, 5) is 62.2. The molecule has 2 heterocycles. The van der Waals surface area contributed by atoms with Crippen LogP contribution in [0.1, 0.15) is 52.4 Å². The van der Waals surface area contributed by atoms with Crippen LogP contribution in [-0.2, 0) is 24.0 Å². The average molecular weight is 440 g/mol. The number of rotatable bonds is 10.